The molecule has 0 radical (unpaired) electrons. The van der Waals surface area contributed by atoms with Crippen LogP contribution >= 0.6 is 27.5 Å². The van der Waals surface area contributed by atoms with Gasteiger partial charge in [0.15, 0.2) is 0 Å². The zero-order valence-electron chi connectivity index (χ0n) is 7.58. The molecule has 0 atom stereocenters. The first kappa shape index (κ1) is 9.99. The molecule has 0 bridgehead atoms. The van der Waals surface area contributed by atoms with E-state index in [2.05, 4.69) is 20.9 Å². The van der Waals surface area contributed by atoms with Gasteiger partial charge in [-0.25, -0.2) is 4.98 Å². The van der Waals surface area contributed by atoms with E-state index in [9.17, 15) is 0 Å². The molecule has 4 heteroatoms. The molecule has 2 aromatic heterocycles. The van der Waals surface area contributed by atoms with Gasteiger partial charge in [-0.1, -0.05) is 27.5 Å². The summed E-state index contributed by atoms with van der Waals surface area (Å²) in [4.78, 5) is 4.47. The molecular weight excluding hydrogens is 263 g/mol. The van der Waals surface area contributed by atoms with Crippen LogP contribution in [0.4, 0.5) is 0 Å². The smallest absolute Gasteiger partial charge is 0.137 e. The Labute approximate surface area is 96.0 Å². The van der Waals surface area contributed by atoms with Crippen molar-refractivity contribution in [2.75, 3.05) is 5.33 Å². The Morgan fingerprint density at radius 1 is 1.36 bits per heavy atom. The Balaban J connectivity index is 2.32. The van der Waals surface area contributed by atoms with E-state index in [0.29, 0.717) is 0 Å². The van der Waals surface area contributed by atoms with Crippen LogP contribution in [0.15, 0.2) is 24.5 Å². The number of imidazole rings is 1. The summed E-state index contributed by atoms with van der Waals surface area (Å²) in [5.41, 5.74) is 2.07. The third-order valence-electron chi connectivity index (χ3n) is 2.03. The molecule has 2 heterocycles. The maximum atomic E-state index is 5.88. The van der Waals surface area contributed by atoms with Crippen LogP contribution in [0.25, 0.3) is 5.65 Å². The summed E-state index contributed by atoms with van der Waals surface area (Å²) < 4.78 is 1.96. The number of fused-ring (bicyclic) bond motifs is 1. The topological polar surface area (TPSA) is 17.3 Å². The Morgan fingerprint density at radius 2 is 2.21 bits per heavy atom. The average Bonchev–Trinajstić information content (AvgIpc) is 2.56. The Hall–Kier alpha value is -0.540. The van der Waals surface area contributed by atoms with Crippen molar-refractivity contribution in [3.05, 3.63) is 35.2 Å². The van der Waals surface area contributed by atoms with E-state index in [1.54, 1.807) is 0 Å². The minimum Gasteiger partial charge on any atom is -0.305 e. The second-order valence-corrected chi connectivity index (χ2v) is 4.37. The third-order valence-corrected chi connectivity index (χ3v) is 2.82. The van der Waals surface area contributed by atoms with Crippen molar-refractivity contribution in [2.24, 2.45) is 0 Å². The SMILES string of the molecule is Clc1ccc2nc(CCCBr)cn2c1. The molecule has 0 aromatic carbocycles. The van der Waals surface area contributed by atoms with Crippen molar-refractivity contribution in [3.63, 3.8) is 0 Å². The van der Waals surface area contributed by atoms with Gasteiger partial charge < -0.3 is 4.40 Å². The lowest BCUT2D eigenvalue weighted by Crippen LogP contribution is -1.84. The summed E-state index contributed by atoms with van der Waals surface area (Å²) in [5, 5.41) is 1.75. The highest BCUT2D eigenvalue weighted by molar-refractivity contribution is 9.09. The molecule has 0 amide bonds. The number of nitrogens with zero attached hydrogens (tertiary/aromatic N) is 2. The first-order chi connectivity index (χ1) is 6.79. The van der Waals surface area contributed by atoms with E-state index in [-0.39, 0.29) is 0 Å². The second kappa shape index (κ2) is 4.32. The van der Waals surface area contributed by atoms with E-state index in [1.807, 2.05) is 28.9 Å². The minimum absolute atomic E-state index is 0.738. The summed E-state index contributed by atoms with van der Waals surface area (Å²) >= 11 is 9.28. The Bertz CT molecular complexity index is 439. The van der Waals surface area contributed by atoms with E-state index < -0.39 is 0 Å². The van der Waals surface area contributed by atoms with Crippen LogP contribution in [0.3, 0.4) is 0 Å². The summed E-state index contributed by atoms with van der Waals surface area (Å²) in [6.45, 7) is 0. The van der Waals surface area contributed by atoms with Crippen molar-refractivity contribution >= 4 is 33.2 Å². The van der Waals surface area contributed by atoms with Crippen LogP contribution in [-0.4, -0.2) is 14.7 Å². The highest BCUT2D eigenvalue weighted by Gasteiger charge is 2.00. The van der Waals surface area contributed by atoms with Gasteiger partial charge >= 0.3 is 0 Å². The lowest BCUT2D eigenvalue weighted by Gasteiger charge is -1.91. The number of pyridine rings is 1. The number of rotatable bonds is 3. The molecule has 14 heavy (non-hydrogen) atoms. The average molecular weight is 274 g/mol. The third kappa shape index (κ3) is 2.10. The lowest BCUT2D eigenvalue weighted by molar-refractivity contribution is 0.909. The molecule has 0 spiro atoms. The summed E-state index contributed by atoms with van der Waals surface area (Å²) in [7, 11) is 0. The van der Waals surface area contributed by atoms with Gasteiger partial charge in [0, 0.05) is 17.7 Å². The van der Waals surface area contributed by atoms with Gasteiger partial charge in [0.2, 0.25) is 0 Å². The van der Waals surface area contributed by atoms with Crippen molar-refractivity contribution in [3.8, 4) is 0 Å². The molecule has 0 saturated heterocycles. The number of hydrogen-bond acceptors (Lipinski definition) is 1. The molecule has 2 nitrogen and oxygen atoms in total. The fourth-order valence-electron chi connectivity index (χ4n) is 1.39. The minimum atomic E-state index is 0.738. The first-order valence-electron chi connectivity index (χ1n) is 4.49. The van der Waals surface area contributed by atoms with Gasteiger partial charge in [0.05, 0.1) is 10.7 Å². The van der Waals surface area contributed by atoms with E-state index in [4.69, 9.17) is 11.6 Å². The monoisotopic (exact) mass is 272 g/mol. The van der Waals surface area contributed by atoms with Gasteiger partial charge in [-0.2, -0.15) is 0 Å². The Morgan fingerprint density at radius 3 is 3.00 bits per heavy atom. The summed E-state index contributed by atoms with van der Waals surface area (Å²) in [6, 6.07) is 3.79. The van der Waals surface area contributed by atoms with E-state index >= 15 is 0 Å². The van der Waals surface area contributed by atoms with Gasteiger partial charge in [0.25, 0.3) is 0 Å². The van der Waals surface area contributed by atoms with Gasteiger partial charge in [0.1, 0.15) is 5.65 Å². The van der Waals surface area contributed by atoms with Crippen molar-refractivity contribution < 1.29 is 0 Å². The van der Waals surface area contributed by atoms with Crippen LogP contribution in [0.5, 0.6) is 0 Å². The number of aryl methyl sites for hydroxylation is 1. The van der Waals surface area contributed by atoms with Gasteiger partial charge in [-0.3, -0.25) is 0 Å². The fourth-order valence-corrected chi connectivity index (χ4v) is 1.83. The number of halogens is 2. The molecular formula is C10H10BrClN2. The Kier molecular flexibility index (Phi) is 3.08. The quantitative estimate of drug-likeness (QED) is 0.784. The first-order valence-corrected chi connectivity index (χ1v) is 5.98. The van der Waals surface area contributed by atoms with Crippen LogP contribution < -0.4 is 0 Å². The molecule has 0 unspecified atom stereocenters. The lowest BCUT2D eigenvalue weighted by atomic mass is 10.3. The molecule has 0 fully saturated rings. The van der Waals surface area contributed by atoms with Crippen LogP contribution in [0, 0.1) is 0 Å². The highest BCUT2D eigenvalue weighted by atomic mass is 79.9. The summed E-state index contributed by atoms with van der Waals surface area (Å²) in [5.74, 6) is 0. The zero-order chi connectivity index (χ0) is 9.97. The predicted octanol–water partition coefficient (Wildman–Crippen LogP) is 3.32. The molecule has 0 saturated carbocycles. The van der Waals surface area contributed by atoms with Gasteiger partial charge in [-0.15, -0.1) is 0 Å². The van der Waals surface area contributed by atoms with Crippen molar-refractivity contribution in [1.29, 1.82) is 0 Å². The highest BCUT2D eigenvalue weighted by Crippen LogP contribution is 2.12. The molecule has 0 aliphatic carbocycles. The van der Waals surface area contributed by atoms with Crippen molar-refractivity contribution in [1.82, 2.24) is 9.38 Å². The summed E-state index contributed by atoms with van der Waals surface area (Å²) in [6.07, 6.45) is 6.02. The molecule has 0 N–H and O–H groups in total. The predicted molar refractivity (Wildman–Crippen MR) is 62.3 cm³/mol. The van der Waals surface area contributed by atoms with E-state index in [1.165, 1.54) is 0 Å². The molecule has 74 valence electrons. The standard InChI is InChI=1S/C10H10BrClN2/c11-5-1-2-9-7-14-6-8(12)3-4-10(14)13-9/h3-4,6-7H,1-2,5H2. The molecule has 2 rings (SSSR count). The fraction of sp³-hybridized carbons (Fsp3) is 0.300. The van der Waals surface area contributed by atoms with E-state index in [0.717, 1.165) is 34.5 Å². The number of hydrogen-bond donors (Lipinski definition) is 0. The molecule has 0 aliphatic heterocycles. The number of alkyl halides is 1. The van der Waals surface area contributed by atoms with Crippen molar-refractivity contribution in [2.45, 2.75) is 12.8 Å². The second-order valence-electron chi connectivity index (χ2n) is 3.14. The molecule has 0 aliphatic rings. The maximum Gasteiger partial charge on any atom is 0.137 e. The van der Waals surface area contributed by atoms with Crippen LogP contribution in [-0.2, 0) is 6.42 Å². The molecule has 2 aromatic rings. The number of aromatic nitrogens is 2. The van der Waals surface area contributed by atoms with Crippen LogP contribution in [0.2, 0.25) is 5.02 Å². The maximum absolute atomic E-state index is 5.88. The van der Waals surface area contributed by atoms with Gasteiger partial charge in [-0.05, 0) is 25.0 Å². The normalized spacial score (nSPS) is 11.0. The van der Waals surface area contributed by atoms with Crippen LogP contribution in [0.1, 0.15) is 12.1 Å². The largest absolute Gasteiger partial charge is 0.305 e. The zero-order valence-corrected chi connectivity index (χ0v) is 9.92.